The molecule has 1 saturated heterocycles. The quantitative estimate of drug-likeness (QED) is 0.598. The predicted octanol–water partition coefficient (Wildman–Crippen LogP) is -0.178. The summed E-state index contributed by atoms with van der Waals surface area (Å²) < 4.78 is 10.2. The van der Waals surface area contributed by atoms with Gasteiger partial charge in [-0.15, -0.1) is 13.2 Å². The van der Waals surface area contributed by atoms with E-state index < -0.39 is 24.6 Å². The van der Waals surface area contributed by atoms with Crippen molar-refractivity contribution in [2.45, 2.75) is 24.6 Å². The number of aliphatic hydroxyl groups excluding tert-OH is 2. The van der Waals surface area contributed by atoms with Crippen molar-refractivity contribution >= 4 is 0 Å². The highest BCUT2D eigenvalue weighted by atomic mass is 16.7. The zero-order valence-electron chi connectivity index (χ0n) is 7.30. The van der Waals surface area contributed by atoms with E-state index in [0.717, 1.165) is 0 Å². The van der Waals surface area contributed by atoms with Gasteiger partial charge in [0.05, 0.1) is 6.61 Å². The van der Waals surface area contributed by atoms with E-state index in [2.05, 4.69) is 13.2 Å². The third-order valence-electron chi connectivity index (χ3n) is 1.89. The Labute approximate surface area is 77.1 Å². The lowest BCUT2D eigenvalue weighted by Gasteiger charge is -2.16. The fraction of sp³-hybridized carbons (Fsp3) is 0.556. The molecule has 0 radical (unpaired) electrons. The molecule has 1 fully saturated rings. The second-order valence-corrected chi connectivity index (χ2v) is 2.80. The van der Waals surface area contributed by atoms with E-state index in [9.17, 15) is 5.11 Å². The summed E-state index contributed by atoms with van der Waals surface area (Å²) >= 11 is 0. The second-order valence-electron chi connectivity index (χ2n) is 2.80. The predicted molar refractivity (Wildman–Crippen MR) is 47.0 cm³/mol. The number of aliphatic hydroxyl groups is 2. The monoisotopic (exact) mass is 186 g/mol. The Morgan fingerprint density at radius 3 is 2.62 bits per heavy atom. The average Bonchev–Trinajstić information content (AvgIpc) is 2.40. The molecule has 1 unspecified atom stereocenters. The first kappa shape index (κ1) is 10.4. The van der Waals surface area contributed by atoms with Gasteiger partial charge in [0.25, 0.3) is 0 Å². The third kappa shape index (κ3) is 2.16. The minimum Gasteiger partial charge on any atom is -0.385 e. The van der Waals surface area contributed by atoms with E-state index in [1.54, 1.807) is 6.08 Å². The first-order valence-corrected chi connectivity index (χ1v) is 4.07. The summed E-state index contributed by atoms with van der Waals surface area (Å²) in [6, 6.07) is 0. The maximum absolute atomic E-state index is 9.40. The molecule has 1 rings (SSSR count). The van der Waals surface area contributed by atoms with Gasteiger partial charge in [-0.25, -0.2) is 0 Å². The van der Waals surface area contributed by atoms with E-state index in [1.165, 1.54) is 6.08 Å². The first-order valence-electron chi connectivity index (χ1n) is 4.07. The van der Waals surface area contributed by atoms with E-state index in [1.807, 2.05) is 0 Å². The largest absolute Gasteiger partial charge is 0.385 e. The summed E-state index contributed by atoms with van der Waals surface area (Å²) in [5.41, 5.74) is 0. The second kappa shape index (κ2) is 4.53. The molecule has 0 spiro atoms. The maximum Gasteiger partial charge on any atom is 0.184 e. The molecule has 0 bridgehead atoms. The number of hydrogen-bond acceptors (Lipinski definition) is 4. The minimum atomic E-state index is -1.20. The molecule has 0 amide bonds. The van der Waals surface area contributed by atoms with Crippen molar-refractivity contribution in [2.75, 3.05) is 6.61 Å². The van der Waals surface area contributed by atoms with Gasteiger partial charge in [0, 0.05) is 0 Å². The molecule has 1 aliphatic rings. The van der Waals surface area contributed by atoms with Crippen LogP contribution in [0.2, 0.25) is 0 Å². The van der Waals surface area contributed by atoms with Gasteiger partial charge in [-0.3, -0.25) is 0 Å². The minimum absolute atomic E-state index is 0.308. The van der Waals surface area contributed by atoms with Gasteiger partial charge < -0.3 is 19.7 Å². The SMILES string of the molecule is C=CCO[C@H]1[C@@H](C=C)OC(O)[C@@H]1O. The Kier molecular flexibility index (Phi) is 3.62. The molecular formula is C9H14O4. The molecule has 4 atom stereocenters. The lowest BCUT2D eigenvalue weighted by molar-refractivity contribution is -0.121. The Hall–Kier alpha value is -0.680. The maximum atomic E-state index is 9.40. The molecule has 1 aliphatic heterocycles. The molecule has 0 saturated carbocycles. The molecule has 0 aromatic carbocycles. The standard InChI is InChI=1S/C9H14O4/c1-3-5-12-8-6(4-2)13-9(11)7(8)10/h3-4,6-11H,1-2,5H2/t6-,7-,8+,9?/m1/s1. The number of hydrogen-bond donors (Lipinski definition) is 2. The van der Waals surface area contributed by atoms with Crippen molar-refractivity contribution in [3.63, 3.8) is 0 Å². The van der Waals surface area contributed by atoms with Crippen molar-refractivity contribution in [2.24, 2.45) is 0 Å². The highest BCUT2D eigenvalue weighted by Gasteiger charge is 2.41. The topological polar surface area (TPSA) is 58.9 Å². The molecule has 1 heterocycles. The zero-order chi connectivity index (χ0) is 9.84. The van der Waals surface area contributed by atoms with E-state index in [-0.39, 0.29) is 0 Å². The van der Waals surface area contributed by atoms with E-state index in [4.69, 9.17) is 14.6 Å². The van der Waals surface area contributed by atoms with Crippen molar-refractivity contribution in [1.82, 2.24) is 0 Å². The molecular weight excluding hydrogens is 172 g/mol. The number of rotatable bonds is 4. The van der Waals surface area contributed by atoms with Crippen LogP contribution in [-0.4, -0.2) is 41.4 Å². The Bertz CT molecular complexity index is 192. The zero-order valence-corrected chi connectivity index (χ0v) is 7.30. The molecule has 0 aromatic rings. The van der Waals surface area contributed by atoms with Crippen LogP contribution in [0, 0.1) is 0 Å². The van der Waals surface area contributed by atoms with Gasteiger partial charge in [-0.1, -0.05) is 12.2 Å². The van der Waals surface area contributed by atoms with Gasteiger partial charge >= 0.3 is 0 Å². The summed E-state index contributed by atoms with van der Waals surface area (Å²) in [7, 11) is 0. The van der Waals surface area contributed by atoms with Crippen LogP contribution >= 0.6 is 0 Å². The van der Waals surface area contributed by atoms with Gasteiger partial charge in [0.2, 0.25) is 0 Å². The molecule has 4 heteroatoms. The van der Waals surface area contributed by atoms with Crippen LogP contribution < -0.4 is 0 Å². The summed E-state index contributed by atoms with van der Waals surface area (Å²) in [4.78, 5) is 0. The first-order chi connectivity index (χ1) is 6.20. The van der Waals surface area contributed by atoms with Crippen LogP contribution in [0.1, 0.15) is 0 Å². The molecule has 4 nitrogen and oxygen atoms in total. The van der Waals surface area contributed by atoms with Crippen LogP contribution in [0.25, 0.3) is 0 Å². The van der Waals surface area contributed by atoms with Gasteiger partial charge in [-0.05, 0) is 0 Å². The van der Waals surface area contributed by atoms with Gasteiger partial charge in [-0.2, -0.15) is 0 Å². The Morgan fingerprint density at radius 1 is 1.38 bits per heavy atom. The molecule has 0 aromatic heterocycles. The average molecular weight is 186 g/mol. The smallest absolute Gasteiger partial charge is 0.184 e. The van der Waals surface area contributed by atoms with Crippen LogP contribution in [0.15, 0.2) is 25.3 Å². The van der Waals surface area contributed by atoms with Crippen molar-refractivity contribution in [1.29, 1.82) is 0 Å². The lowest BCUT2D eigenvalue weighted by atomic mass is 10.1. The Balaban J connectivity index is 2.56. The Morgan fingerprint density at radius 2 is 2.08 bits per heavy atom. The fourth-order valence-corrected chi connectivity index (χ4v) is 1.24. The molecule has 74 valence electrons. The van der Waals surface area contributed by atoms with E-state index in [0.29, 0.717) is 6.61 Å². The highest BCUT2D eigenvalue weighted by molar-refractivity contribution is 4.97. The lowest BCUT2D eigenvalue weighted by Crippen LogP contribution is -2.34. The van der Waals surface area contributed by atoms with Crippen LogP contribution in [0.4, 0.5) is 0 Å². The van der Waals surface area contributed by atoms with Gasteiger partial charge in [0.1, 0.15) is 18.3 Å². The van der Waals surface area contributed by atoms with Gasteiger partial charge in [0.15, 0.2) is 6.29 Å². The van der Waals surface area contributed by atoms with Crippen LogP contribution in [0.3, 0.4) is 0 Å². The van der Waals surface area contributed by atoms with Crippen molar-refractivity contribution in [3.8, 4) is 0 Å². The third-order valence-corrected chi connectivity index (χ3v) is 1.89. The van der Waals surface area contributed by atoms with E-state index >= 15 is 0 Å². The van der Waals surface area contributed by atoms with Crippen LogP contribution in [0.5, 0.6) is 0 Å². The molecule has 0 aliphatic carbocycles. The number of ether oxygens (including phenoxy) is 2. The summed E-state index contributed by atoms with van der Waals surface area (Å²) in [5.74, 6) is 0. The normalized spacial score (nSPS) is 38.9. The molecule has 13 heavy (non-hydrogen) atoms. The summed E-state index contributed by atoms with van der Waals surface area (Å²) in [6.07, 6.45) is -0.193. The highest BCUT2D eigenvalue weighted by Crippen LogP contribution is 2.22. The fourth-order valence-electron chi connectivity index (χ4n) is 1.24. The summed E-state index contributed by atoms with van der Waals surface area (Å²) in [6.45, 7) is 7.31. The van der Waals surface area contributed by atoms with Crippen molar-refractivity contribution < 1.29 is 19.7 Å². The summed E-state index contributed by atoms with van der Waals surface area (Å²) in [5, 5.41) is 18.5. The van der Waals surface area contributed by atoms with Crippen LogP contribution in [-0.2, 0) is 9.47 Å². The molecule has 2 N–H and O–H groups in total. The van der Waals surface area contributed by atoms with Crippen molar-refractivity contribution in [3.05, 3.63) is 25.3 Å².